The van der Waals surface area contributed by atoms with Crippen LogP contribution < -0.4 is 9.47 Å². The number of aromatic nitrogens is 1. The van der Waals surface area contributed by atoms with Gasteiger partial charge in [-0.15, -0.1) is 0 Å². The summed E-state index contributed by atoms with van der Waals surface area (Å²) in [6, 6.07) is 1.78. The Kier molecular flexibility index (Phi) is 2.07. The number of halogens is 1. The average molecular weight is 241 g/mol. The Morgan fingerprint density at radius 1 is 1.62 bits per heavy atom. The molecule has 4 nitrogen and oxygen atoms in total. The number of hydrogen-bond acceptors (Lipinski definition) is 3. The fourth-order valence-electron chi connectivity index (χ4n) is 1.06. The second-order valence-corrected chi connectivity index (χ2v) is 2.99. The maximum absolute atomic E-state index is 6.90. The molecule has 0 spiro atoms. The second-order valence-electron chi connectivity index (χ2n) is 2.43. The topological polar surface area (TPSA) is 35.7 Å². The maximum atomic E-state index is 6.90. The standard InChI is InChI=1S/C8H5BrN2O2/c1-10-7-5(3-9)2-6-8(11-7)13-4-12-6/h2H,3-4H2. The summed E-state index contributed by atoms with van der Waals surface area (Å²) < 4.78 is 10.2. The molecule has 66 valence electrons. The minimum absolute atomic E-state index is 0.186. The molecule has 0 unspecified atom stereocenters. The van der Waals surface area contributed by atoms with E-state index in [4.69, 9.17) is 16.0 Å². The van der Waals surface area contributed by atoms with E-state index in [1.165, 1.54) is 0 Å². The fourth-order valence-corrected chi connectivity index (χ4v) is 1.47. The molecule has 0 radical (unpaired) electrons. The predicted octanol–water partition coefficient (Wildman–Crippen LogP) is 2.26. The third kappa shape index (κ3) is 1.33. The van der Waals surface area contributed by atoms with Crippen LogP contribution in [0.4, 0.5) is 5.82 Å². The van der Waals surface area contributed by atoms with Crippen molar-refractivity contribution >= 4 is 21.7 Å². The third-order valence-electron chi connectivity index (χ3n) is 1.67. The highest BCUT2D eigenvalue weighted by atomic mass is 79.9. The lowest BCUT2D eigenvalue weighted by Gasteiger charge is -1.98. The highest BCUT2D eigenvalue weighted by molar-refractivity contribution is 9.08. The molecule has 5 heteroatoms. The normalized spacial score (nSPS) is 12.6. The molecule has 0 bridgehead atoms. The quantitative estimate of drug-likeness (QED) is 0.558. The minimum atomic E-state index is 0.186. The van der Waals surface area contributed by atoms with Crippen LogP contribution in [-0.2, 0) is 5.33 Å². The van der Waals surface area contributed by atoms with E-state index in [1.54, 1.807) is 6.07 Å². The summed E-state index contributed by atoms with van der Waals surface area (Å²) in [5, 5.41) is 0.592. The van der Waals surface area contributed by atoms with Crippen LogP contribution in [0.5, 0.6) is 11.6 Å². The van der Waals surface area contributed by atoms with Crippen LogP contribution in [0.15, 0.2) is 6.07 Å². The number of rotatable bonds is 1. The van der Waals surface area contributed by atoms with Crippen molar-refractivity contribution in [2.45, 2.75) is 5.33 Å². The Morgan fingerprint density at radius 3 is 3.15 bits per heavy atom. The zero-order valence-corrected chi connectivity index (χ0v) is 8.17. The van der Waals surface area contributed by atoms with Gasteiger partial charge in [-0.05, 0) is 11.6 Å². The molecule has 1 aromatic heterocycles. The van der Waals surface area contributed by atoms with Crippen LogP contribution in [0.3, 0.4) is 0 Å². The first-order chi connectivity index (χ1) is 6.35. The Hall–Kier alpha value is -1.28. The van der Waals surface area contributed by atoms with Crippen LogP contribution in [0.25, 0.3) is 4.85 Å². The van der Waals surface area contributed by atoms with E-state index in [0.717, 1.165) is 5.56 Å². The van der Waals surface area contributed by atoms with E-state index >= 15 is 0 Å². The highest BCUT2D eigenvalue weighted by Crippen LogP contribution is 2.35. The number of pyridine rings is 1. The van der Waals surface area contributed by atoms with Gasteiger partial charge < -0.3 is 14.3 Å². The number of nitrogens with zero attached hydrogens (tertiary/aromatic N) is 2. The molecule has 0 atom stereocenters. The first-order valence-electron chi connectivity index (χ1n) is 3.58. The molecule has 0 N–H and O–H groups in total. The summed E-state index contributed by atoms with van der Waals surface area (Å²) in [6.07, 6.45) is 0. The van der Waals surface area contributed by atoms with Crippen LogP contribution in [0.2, 0.25) is 0 Å². The van der Waals surface area contributed by atoms with Gasteiger partial charge in [0.15, 0.2) is 0 Å². The van der Waals surface area contributed by atoms with Crippen LogP contribution >= 0.6 is 15.9 Å². The van der Waals surface area contributed by atoms with E-state index in [0.29, 0.717) is 22.8 Å². The maximum Gasteiger partial charge on any atom is 0.355 e. The number of fused-ring (bicyclic) bond motifs is 1. The predicted molar refractivity (Wildman–Crippen MR) is 49.3 cm³/mol. The smallest absolute Gasteiger partial charge is 0.355 e. The summed E-state index contributed by atoms with van der Waals surface area (Å²) in [5.74, 6) is 1.39. The summed E-state index contributed by atoms with van der Waals surface area (Å²) >= 11 is 3.28. The van der Waals surface area contributed by atoms with Crippen molar-refractivity contribution < 1.29 is 9.47 Å². The van der Waals surface area contributed by atoms with Gasteiger partial charge in [0, 0.05) is 5.33 Å². The third-order valence-corrected chi connectivity index (χ3v) is 2.27. The van der Waals surface area contributed by atoms with Crippen molar-refractivity contribution in [3.05, 3.63) is 23.0 Å². The summed E-state index contributed by atoms with van der Waals surface area (Å²) in [6.45, 7) is 7.08. The molecule has 0 saturated heterocycles. The largest absolute Gasteiger partial charge is 0.449 e. The van der Waals surface area contributed by atoms with E-state index < -0.39 is 0 Å². The van der Waals surface area contributed by atoms with Crippen LogP contribution in [-0.4, -0.2) is 11.8 Å². The molecule has 1 aliphatic heterocycles. The van der Waals surface area contributed by atoms with Gasteiger partial charge in [0.1, 0.15) is 0 Å². The lowest BCUT2D eigenvalue weighted by Crippen LogP contribution is -1.93. The highest BCUT2D eigenvalue weighted by Gasteiger charge is 2.21. The Bertz CT molecular complexity index is 386. The van der Waals surface area contributed by atoms with Gasteiger partial charge in [0.25, 0.3) is 5.82 Å². The summed E-state index contributed by atoms with van der Waals surface area (Å²) in [4.78, 5) is 7.30. The van der Waals surface area contributed by atoms with Crippen molar-refractivity contribution in [3.8, 4) is 11.6 Å². The first kappa shape index (κ1) is 8.32. The minimum Gasteiger partial charge on any atom is -0.449 e. The molecule has 0 aliphatic carbocycles. The van der Waals surface area contributed by atoms with Crippen LogP contribution in [0, 0.1) is 6.57 Å². The van der Waals surface area contributed by atoms with Gasteiger partial charge in [0.2, 0.25) is 12.5 Å². The fraction of sp³-hybridized carbons (Fsp3) is 0.250. The Morgan fingerprint density at radius 2 is 2.46 bits per heavy atom. The van der Waals surface area contributed by atoms with Crippen molar-refractivity contribution in [2.24, 2.45) is 0 Å². The van der Waals surface area contributed by atoms with Crippen molar-refractivity contribution in [3.63, 3.8) is 0 Å². The van der Waals surface area contributed by atoms with E-state index in [9.17, 15) is 0 Å². The molecule has 13 heavy (non-hydrogen) atoms. The van der Waals surface area contributed by atoms with Crippen molar-refractivity contribution in [1.82, 2.24) is 4.98 Å². The molecule has 1 aromatic rings. The van der Waals surface area contributed by atoms with Gasteiger partial charge >= 0.3 is 5.88 Å². The molecular formula is C8H5BrN2O2. The average Bonchev–Trinajstić information content (AvgIpc) is 2.62. The van der Waals surface area contributed by atoms with E-state index in [1.807, 2.05) is 0 Å². The van der Waals surface area contributed by atoms with Gasteiger partial charge in [-0.1, -0.05) is 27.5 Å². The molecule has 1 aliphatic rings. The Balaban J connectivity index is 2.55. The zero-order chi connectivity index (χ0) is 9.26. The molecule has 2 rings (SSSR count). The van der Waals surface area contributed by atoms with Gasteiger partial charge in [-0.3, -0.25) is 0 Å². The molecular weight excluding hydrogens is 236 g/mol. The molecule has 2 heterocycles. The molecule has 0 fully saturated rings. The summed E-state index contributed by atoms with van der Waals surface area (Å²) in [5.41, 5.74) is 0.819. The van der Waals surface area contributed by atoms with E-state index in [2.05, 4.69) is 25.8 Å². The molecule has 0 saturated carbocycles. The number of hydrogen-bond donors (Lipinski definition) is 0. The van der Waals surface area contributed by atoms with Gasteiger partial charge in [0.05, 0.1) is 0 Å². The SMILES string of the molecule is [C-]#[N+]c1nc2c(cc1CBr)OCO2. The monoisotopic (exact) mass is 240 g/mol. The second kappa shape index (κ2) is 3.23. The van der Waals surface area contributed by atoms with Gasteiger partial charge in [-0.25, -0.2) is 0 Å². The molecule has 0 amide bonds. The first-order valence-corrected chi connectivity index (χ1v) is 4.70. The van der Waals surface area contributed by atoms with Crippen molar-refractivity contribution in [2.75, 3.05) is 6.79 Å². The van der Waals surface area contributed by atoms with E-state index in [-0.39, 0.29) is 6.79 Å². The lowest BCUT2D eigenvalue weighted by molar-refractivity contribution is 0.171. The zero-order valence-electron chi connectivity index (χ0n) is 6.58. The number of alkyl halides is 1. The summed E-state index contributed by atoms with van der Waals surface area (Å²) in [7, 11) is 0. The lowest BCUT2D eigenvalue weighted by atomic mass is 10.3. The molecule has 0 aromatic carbocycles. The number of ether oxygens (including phenoxy) is 2. The van der Waals surface area contributed by atoms with Gasteiger partial charge in [-0.2, -0.15) is 0 Å². The Labute approximate surface area is 83.4 Å². The van der Waals surface area contributed by atoms with Crippen LogP contribution in [0.1, 0.15) is 5.56 Å². The van der Waals surface area contributed by atoms with Crippen molar-refractivity contribution in [1.29, 1.82) is 0 Å².